The maximum Gasteiger partial charge on any atom is 0.320 e. The van der Waals surface area contributed by atoms with Gasteiger partial charge in [-0.3, -0.25) is 9.69 Å². The quantitative estimate of drug-likeness (QED) is 0.652. The molecule has 200 valence electrons. The molecule has 2 saturated carbocycles. The van der Waals surface area contributed by atoms with Crippen molar-refractivity contribution in [2.75, 3.05) is 26.7 Å². The van der Waals surface area contributed by atoms with E-state index in [4.69, 9.17) is 4.74 Å². The molecule has 5 heterocycles. The van der Waals surface area contributed by atoms with Gasteiger partial charge in [0.15, 0.2) is 11.5 Å². The van der Waals surface area contributed by atoms with Gasteiger partial charge in [-0.1, -0.05) is 12.1 Å². The standard InChI is InChI=1S/C30H36N4O4/c1-32(17-20-3-2-4-24(36)31-20)28(37)34-14-11-29-10-9-21(34)27-30(29)12-13-33(16-18-5-6-18)23(29)15-19-7-8-22(35)26(38-27)25(19)30/h2-4,7-8,18,21,23,27,35H,5-6,9-17H2,1H3,(H,31,36)/t21-,23-,27+,29-,30+/m1/s1. The number of hydrogen-bond acceptors (Lipinski definition) is 5. The van der Waals surface area contributed by atoms with Crippen LogP contribution in [0.5, 0.6) is 11.5 Å². The Kier molecular flexibility index (Phi) is 4.69. The van der Waals surface area contributed by atoms with Crippen molar-refractivity contribution in [2.45, 2.75) is 75.1 Å². The summed E-state index contributed by atoms with van der Waals surface area (Å²) in [6.07, 6.45) is 7.59. The third-order valence-corrected chi connectivity index (χ3v) is 11.0. The van der Waals surface area contributed by atoms with E-state index in [1.165, 1.54) is 36.6 Å². The smallest absolute Gasteiger partial charge is 0.320 e. The number of aromatic amines is 1. The van der Waals surface area contributed by atoms with Gasteiger partial charge < -0.3 is 24.6 Å². The molecule has 0 radical (unpaired) electrons. The number of phenolic OH excluding ortho intramolecular Hbond substituents is 1. The number of nitrogens with one attached hydrogen (secondary N) is 1. The van der Waals surface area contributed by atoms with Gasteiger partial charge >= 0.3 is 6.03 Å². The summed E-state index contributed by atoms with van der Waals surface area (Å²) >= 11 is 0. The van der Waals surface area contributed by atoms with E-state index in [2.05, 4.69) is 20.9 Å². The van der Waals surface area contributed by atoms with Gasteiger partial charge in [-0.2, -0.15) is 0 Å². The molecule has 4 aliphatic heterocycles. The molecule has 2 spiro atoms. The van der Waals surface area contributed by atoms with E-state index in [1.54, 1.807) is 11.0 Å². The van der Waals surface area contributed by atoms with Crippen LogP contribution in [0.2, 0.25) is 0 Å². The highest BCUT2D eigenvalue weighted by Crippen LogP contribution is 2.71. The van der Waals surface area contributed by atoms with Crippen LogP contribution in [0, 0.1) is 11.3 Å². The molecule has 2 N–H and O–H groups in total. The molecular weight excluding hydrogens is 480 g/mol. The van der Waals surface area contributed by atoms with Crippen LogP contribution in [0.25, 0.3) is 0 Å². The minimum Gasteiger partial charge on any atom is -0.504 e. The Hall–Kier alpha value is -3.00. The highest BCUT2D eigenvalue weighted by molar-refractivity contribution is 5.75. The summed E-state index contributed by atoms with van der Waals surface area (Å²) < 4.78 is 6.81. The summed E-state index contributed by atoms with van der Waals surface area (Å²) in [6.45, 7) is 3.33. The van der Waals surface area contributed by atoms with Crippen LogP contribution < -0.4 is 10.3 Å². The predicted octanol–water partition coefficient (Wildman–Crippen LogP) is 3.23. The summed E-state index contributed by atoms with van der Waals surface area (Å²) in [4.78, 5) is 35.3. The molecule has 1 aromatic heterocycles. The molecule has 5 atom stereocenters. The molecular formula is C30H36N4O4. The van der Waals surface area contributed by atoms with Gasteiger partial charge in [-0.05, 0) is 75.1 Å². The van der Waals surface area contributed by atoms with Gasteiger partial charge in [0.25, 0.3) is 0 Å². The number of pyridine rings is 1. The largest absolute Gasteiger partial charge is 0.504 e. The number of ether oxygens (including phenoxy) is 1. The van der Waals surface area contributed by atoms with E-state index in [-0.39, 0.29) is 40.3 Å². The van der Waals surface area contributed by atoms with Gasteiger partial charge in [0.2, 0.25) is 5.56 Å². The van der Waals surface area contributed by atoms with Crippen molar-refractivity contribution in [3.8, 4) is 11.5 Å². The van der Waals surface area contributed by atoms with Crippen LogP contribution in [0.4, 0.5) is 4.79 Å². The number of amides is 2. The Morgan fingerprint density at radius 1 is 1.16 bits per heavy atom. The van der Waals surface area contributed by atoms with E-state index >= 15 is 0 Å². The van der Waals surface area contributed by atoms with E-state index in [0.29, 0.717) is 18.3 Å². The van der Waals surface area contributed by atoms with E-state index in [9.17, 15) is 14.7 Å². The number of likely N-dealkylation sites (tertiary alicyclic amines) is 1. The van der Waals surface area contributed by atoms with Gasteiger partial charge in [0.05, 0.1) is 12.6 Å². The molecule has 8 nitrogen and oxygen atoms in total. The molecule has 3 aliphatic carbocycles. The Labute approximate surface area is 222 Å². The van der Waals surface area contributed by atoms with Crippen molar-refractivity contribution in [2.24, 2.45) is 11.3 Å². The third-order valence-electron chi connectivity index (χ3n) is 11.0. The van der Waals surface area contributed by atoms with Crippen molar-refractivity contribution in [3.05, 3.63) is 57.5 Å². The second-order valence-corrected chi connectivity index (χ2v) is 12.8. The zero-order valence-electron chi connectivity index (χ0n) is 22.0. The highest BCUT2D eigenvalue weighted by Gasteiger charge is 2.74. The lowest BCUT2D eigenvalue weighted by atomic mass is 9.42. The molecule has 2 aromatic rings. The maximum atomic E-state index is 14.0. The third kappa shape index (κ3) is 2.90. The molecule has 8 heteroatoms. The summed E-state index contributed by atoms with van der Waals surface area (Å²) in [6, 6.07) is 9.42. The topological polar surface area (TPSA) is 89.1 Å². The Bertz CT molecular complexity index is 1390. The van der Waals surface area contributed by atoms with Crippen molar-refractivity contribution in [3.63, 3.8) is 0 Å². The Morgan fingerprint density at radius 2 is 2.03 bits per heavy atom. The number of carbonyl (C=O) groups is 1. The first-order chi connectivity index (χ1) is 18.4. The molecule has 9 rings (SSSR count). The first-order valence-corrected chi connectivity index (χ1v) is 14.4. The molecule has 38 heavy (non-hydrogen) atoms. The summed E-state index contributed by atoms with van der Waals surface area (Å²) in [7, 11) is 1.82. The van der Waals surface area contributed by atoms with Crippen LogP contribution in [-0.2, 0) is 18.4 Å². The maximum absolute atomic E-state index is 14.0. The number of carbonyl (C=O) groups excluding carboxylic acids is 1. The fourth-order valence-electron chi connectivity index (χ4n) is 9.35. The fraction of sp³-hybridized carbons (Fsp3) is 0.600. The zero-order valence-corrected chi connectivity index (χ0v) is 22.0. The van der Waals surface area contributed by atoms with Gasteiger partial charge in [-0.25, -0.2) is 4.79 Å². The minimum atomic E-state index is -0.158. The number of rotatable bonds is 4. The van der Waals surface area contributed by atoms with E-state index in [0.717, 1.165) is 56.8 Å². The van der Waals surface area contributed by atoms with Gasteiger partial charge in [0.1, 0.15) is 6.10 Å². The normalized spacial score (nSPS) is 34.4. The summed E-state index contributed by atoms with van der Waals surface area (Å²) in [5.74, 6) is 1.76. The molecule has 3 saturated heterocycles. The van der Waals surface area contributed by atoms with Gasteiger partial charge in [-0.15, -0.1) is 0 Å². The van der Waals surface area contributed by atoms with Crippen LogP contribution in [-0.4, -0.2) is 75.7 Å². The number of phenols is 1. The number of piperidine rings is 1. The summed E-state index contributed by atoms with van der Waals surface area (Å²) in [5, 5.41) is 10.9. The number of aromatic hydroxyl groups is 1. The Balaban J connectivity index is 1.20. The van der Waals surface area contributed by atoms with E-state index in [1.807, 2.05) is 19.2 Å². The number of hydrogen-bond donors (Lipinski definition) is 2. The fourth-order valence-corrected chi connectivity index (χ4v) is 9.35. The summed E-state index contributed by atoms with van der Waals surface area (Å²) in [5.41, 5.74) is 3.07. The minimum absolute atomic E-state index is 0.0137. The van der Waals surface area contributed by atoms with Crippen molar-refractivity contribution in [1.29, 1.82) is 0 Å². The van der Waals surface area contributed by atoms with Gasteiger partial charge in [0, 0.05) is 54.3 Å². The Morgan fingerprint density at radius 3 is 2.84 bits per heavy atom. The number of aromatic nitrogens is 1. The lowest BCUT2D eigenvalue weighted by molar-refractivity contribution is -0.129. The lowest BCUT2D eigenvalue weighted by Crippen LogP contribution is -2.73. The highest BCUT2D eigenvalue weighted by atomic mass is 16.5. The average Bonchev–Trinajstić information content (AvgIpc) is 3.69. The SMILES string of the molecule is CN(Cc1cccc(=O)[nH]1)C(=O)N1CC[C@@]23CC[C@@H]1[C@@H]1Oc4c(O)ccc5c4[C@@]12CCN(CC1CC1)[C@@H]3C5. The number of nitrogens with zero attached hydrogens (tertiary/aromatic N) is 3. The zero-order chi connectivity index (χ0) is 25.8. The van der Waals surface area contributed by atoms with Crippen LogP contribution >= 0.6 is 0 Å². The number of urea groups is 1. The first-order valence-electron chi connectivity index (χ1n) is 14.4. The molecule has 1 aromatic carbocycles. The monoisotopic (exact) mass is 516 g/mol. The van der Waals surface area contributed by atoms with Crippen molar-refractivity contribution >= 4 is 6.03 Å². The van der Waals surface area contributed by atoms with Crippen molar-refractivity contribution in [1.82, 2.24) is 19.7 Å². The molecule has 0 unspecified atom stereocenters. The predicted molar refractivity (Wildman–Crippen MR) is 141 cm³/mol. The lowest BCUT2D eigenvalue weighted by Gasteiger charge is -2.66. The van der Waals surface area contributed by atoms with Crippen LogP contribution in [0.15, 0.2) is 35.1 Å². The van der Waals surface area contributed by atoms with E-state index < -0.39 is 0 Å². The molecule has 4 bridgehead atoms. The number of benzene rings is 1. The van der Waals surface area contributed by atoms with Crippen molar-refractivity contribution < 1.29 is 14.6 Å². The first kappa shape index (κ1) is 22.9. The molecule has 5 fully saturated rings. The second kappa shape index (κ2) is 7.78. The second-order valence-electron chi connectivity index (χ2n) is 12.8. The molecule has 2 amide bonds. The number of H-pyrrole nitrogens is 1. The van der Waals surface area contributed by atoms with Crippen LogP contribution in [0.3, 0.4) is 0 Å². The molecule has 7 aliphatic rings. The number of fused-ring (bicyclic) bond motifs is 3. The average molecular weight is 517 g/mol. The van der Waals surface area contributed by atoms with Crippen LogP contribution in [0.1, 0.15) is 55.3 Å².